The van der Waals surface area contributed by atoms with E-state index in [4.69, 9.17) is 9.47 Å². The number of amides is 1. The summed E-state index contributed by atoms with van der Waals surface area (Å²) in [7, 11) is 1.59. The summed E-state index contributed by atoms with van der Waals surface area (Å²) >= 11 is 0. The third kappa shape index (κ3) is 4.95. The lowest BCUT2D eigenvalue weighted by Gasteiger charge is -2.23. The number of hydrogen-bond acceptors (Lipinski definition) is 5. The number of methoxy groups -OCH3 is 1. The number of carbonyl (C=O) groups is 1. The highest BCUT2D eigenvalue weighted by atomic mass is 16.6. The van der Waals surface area contributed by atoms with Gasteiger partial charge in [-0.1, -0.05) is 38.1 Å². The number of hydrogen-bond donors (Lipinski definition) is 1. The van der Waals surface area contributed by atoms with Crippen molar-refractivity contribution in [2.24, 2.45) is 5.92 Å². The normalized spacial score (nSPS) is 11.7. The molecule has 7 heteroatoms. The molecule has 0 aliphatic rings. The van der Waals surface area contributed by atoms with Crippen LogP contribution in [0.1, 0.15) is 25.5 Å². The number of nitro benzene ring substituents is 1. The van der Waals surface area contributed by atoms with Crippen molar-refractivity contribution in [2.75, 3.05) is 13.7 Å². The highest BCUT2D eigenvalue weighted by Crippen LogP contribution is 2.26. The van der Waals surface area contributed by atoms with Crippen molar-refractivity contribution in [3.8, 4) is 11.5 Å². The van der Waals surface area contributed by atoms with Crippen LogP contribution in [0.4, 0.5) is 5.69 Å². The number of nitrogens with zero attached hydrogens (tertiary/aromatic N) is 1. The Morgan fingerprint density at radius 1 is 1.15 bits per heavy atom. The molecule has 2 aromatic carbocycles. The van der Waals surface area contributed by atoms with Crippen LogP contribution in [0.5, 0.6) is 11.5 Å². The van der Waals surface area contributed by atoms with Gasteiger partial charge in [-0.25, -0.2) is 0 Å². The minimum Gasteiger partial charge on any atom is -0.497 e. The van der Waals surface area contributed by atoms with Crippen molar-refractivity contribution in [1.29, 1.82) is 0 Å². The number of nitrogens with one attached hydrogen (secondary N) is 1. The molecule has 26 heavy (non-hydrogen) atoms. The Kier molecular flexibility index (Phi) is 6.54. The summed E-state index contributed by atoms with van der Waals surface area (Å²) in [5.74, 6) is 0.608. The summed E-state index contributed by atoms with van der Waals surface area (Å²) in [6, 6.07) is 13.2. The van der Waals surface area contributed by atoms with Gasteiger partial charge in [0.05, 0.1) is 18.1 Å². The predicted molar refractivity (Wildman–Crippen MR) is 97.3 cm³/mol. The molecule has 0 radical (unpaired) electrons. The minimum absolute atomic E-state index is 0.0678. The van der Waals surface area contributed by atoms with E-state index in [0.717, 1.165) is 11.3 Å². The molecular weight excluding hydrogens is 336 g/mol. The van der Waals surface area contributed by atoms with Crippen LogP contribution in [-0.4, -0.2) is 24.5 Å². The summed E-state index contributed by atoms with van der Waals surface area (Å²) in [4.78, 5) is 22.7. The Hall–Kier alpha value is -3.09. The van der Waals surface area contributed by atoms with E-state index in [1.165, 1.54) is 12.1 Å². The van der Waals surface area contributed by atoms with Gasteiger partial charge in [0.25, 0.3) is 5.91 Å². The molecule has 2 aromatic rings. The van der Waals surface area contributed by atoms with Gasteiger partial charge in [-0.15, -0.1) is 0 Å². The van der Waals surface area contributed by atoms with Crippen molar-refractivity contribution in [1.82, 2.24) is 5.32 Å². The molecule has 0 unspecified atom stereocenters. The second-order valence-corrected chi connectivity index (χ2v) is 6.08. The van der Waals surface area contributed by atoms with Crippen LogP contribution in [0.3, 0.4) is 0 Å². The number of nitro groups is 1. The third-order valence-corrected chi connectivity index (χ3v) is 3.88. The molecule has 1 atom stereocenters. The van der Waals surface area contributed by atoms with Crippen molar-refractivity contribution in [3.05, 3.63) is 64.2 Å². The first kappa shape index (κ1) is 19.2. The monoisotopic (exact) mass is 358 g/mol. The molecule has 0 saturated heterocycles. The fourth-order valence-electron chi connectivity index (χ4n) is 2.53. The lowest BCUT2D eigenvalue weighted by atomic mass is 9.96. The number of carbonyl (C=O) groups excluding carboxylic acids is 1. The second-order valence-electron chi connectivity index (χ2n) is 6.08. The largest absolute Gasteiger partial charge is 0.497 e. The van der Waals surface area contributed by atoms with Crippen LogP contribution in [-0.2, 0) is 4.79 Å². The minimum atomic E-state index is -0.540. The molecule has 2 rings (SSSR count). The Bertz CT molecular complexity index is 759. The molecule has 138 valence electrons. The van der Waals surface area contributed by atoms with Crippen LogP contribution < -0.4 is 14.8 Å². The Morgan fingerprint density at radius 3 is 2.38 bits per heavy atom. The van der Waals surface area contributed by atoms with Gasteiger partial charge in [0.1, 0.15) is 5.75 Å². The lowest BCUT2D eigenvalue weighted by molar-refractivity contribution is -0.385. The van der Waals surface area contributed by atoms with Gasteiger partial charge in [0.15, 0.2) is 12.4 Å². The lowest BCUT2D eigenvalue weighted by Crippen LogP contribution is -2.35. The van der Waals surface area contributed by atoms with E-state index < -0.39 is 4.92 Å². The molecule has 0 saturated carbocycles. The fourth-order valence-corrected chi connectivity index (χ4v) is 2.53. The molecule has 1 amide bonds. The number of ether oxygens (including phenoxy) is 2. The first-order valence-electron chi connectivity index (χ1n) is 8.22. The number of benzene rings is 2. The van der Waals surface area contributed by atoms with Gasteiger partial charge in [-0.05, 0) is 29.7 Å². The molecule has 0 aliphatic carbocycles. The smallest absolute Gasteiger partial charge is 0.310 e. The summed E-state index contributed by atoms with van der Waals surface area (Å²) in [6.07, 6.45) is 0. The summed E-state index contributed by atoms with van der Waals surface area (Å²) in [6.45, 7) is 3.69. The molecule has 0 heterocycles. The average Bonchev–Trinajstić information content (AvgIpc) is 2.64. The molecule has 0 fully saturated rings. The maximum absolute atomic E-state index is 12.3. The topological polar surface area (TPSA) is 90.7 Å². The zero-order valence-corrected chi connectivity index (χ0v) is 15.0. The Morgan fingerprint density at radius 2 is 1.81 bits per heavy atom. The molecule has 0 aliphatic heterocycles. The predicted octanol–water partition coefficient (Wildman–Crippen LogP) is 3.50. The highest BCUT2D eigenvalue weighted by molar-refractivity contribution is 5.78. The first-order valence-corrected chi connectivity index (χ1v) is 8.22. The van der Waals surface area contributed by atoms with Crippen LogP contribution in [0.2, 0.25) is 0 Å². The Balaban J connectivity index is 2.03. The summed E-state index contributed by atoms with van der Waals surface area (Å²) in [5.41, 5.74) is 0.774. The SMILES string of the molecule is COc1ccc([C@H](NC(=O)COc2ccccc2[N+](=O)[O-])C(C)C)cc1. The molecule has 0 spiro atoms. The van der Waals surface area contributed by atoms with Crippen LogP contribution in [0.25, 0.3) is 0 Å². The third-order valence-electron chi connectivity index (χ3n) is 3.88. The van der Waals surface area contributed by atoms with Crippen molar-refractivity contribution >= 4 is 11.6 Å². The van der Waals surface area contributed by atoms with E-state index in [9.17, 15) is 14.9 Å². The van der Waals surface area contributed by atoms with E-state index in [1.54, 1.807) is 19.2 Å². The zero-order chi connectivity index (χ0) is 19.1. The molecular formula is C19H22N2O5. The van der Waals surface area contributed by atoms with Gasteiger partial charge >= 0.3 is 5.69 Å². The van der Waals surface area contributed by atoms with Gasteiger partial charge in [0, 0.05) is 6.07 Å². The van der Waals surface area contributed by atoms with Crippen molar-refractivity contribution in [3.63, 3.8) is 0 Å². The van der Waals surface area contributed by atoms with E-state index in [2.05, 4.69) is 5.32 Å². The molecule has 1 N–H and O–H groups in total. The molecule has 7 nitrogen and oxygen atoms in total. The number of para-hydroxylation sites is 2. The van der Waals surface area contributed by atoms with Crippen LogP contribution >= 0.6 is 0 Å². The van der Waals surface area contributed by atoms with E-state index in [1.807, 2.05) is 38.1 Å². The fraction of sp³-hybridized carbons (Fsp3) is 0.316. The van der Waals surface area contributed by atoms with E-state index in [0.29, 0.717) is 0 Å². The van der Waals surface area contributed by atoms with Crippen molar-refractivity contribution < 1.29 is 19.2 Å². The molecule has 0 bridgehead atoms. The van der Waals surface area contributed by atoms with Crippen LogP contribution in [0.15, 0.2) is 48.5 Å². The Labute approximate surface area is 152 Å². The second kappa shape index (κ2) is 8.84. The van der Waals surface area contributed by atoms with E-state index in [-0.39, 0.29) is 35.9 Å². The maximum atomic E-state index is 12.3. The summed E-state index contributed by atoms with van der Waals surface area (Å²) in [5, 5.41) is 13.9. The first-order chi connectivity index (χ1) is 12.4. The quantitative estimate of drug-likeness (QED) is 0.576. The highest BCUT2D eigenvalue weighted by Gasteiger charge is 2.20. The maximum Gasteiger partial charge on any atom is 0.310 e. The molecule has 0 aromatic heterocycles. The van der Waals surface area contributed by atoms with Gasteiger partial charge in [-0.3, -0.25) is 14.9 Å². The van der Waals surface area contributed by atoms with Crippen LogP contribution in [0, 0.1) is 16.0 Å². The van der Waals surface area contributed by atoms with Gasteiger partial charge < -0.3 is 14.8 Å². The van der Waals surface area contributed by atoms with Crippen molar-refractivity contribution in [2.45, 2.75) is 19.9 Å². The summed E-state index contributed by atoms with van der Waals surface area (Å²) < 4.78 is 10.5. The van der Waals surface area contributed by atoms with Gasteiger partial charge in [0.2, 0.25) is 0 Å². The van der Waals surface area contributed by atoms with Gasteiger partial charge in [-0.2, -0.15) is 0 Å². The average molecular weight is 358 g/mol. The zero-order valence-electron chi connectivity index (χ0n) is 15.0. The number of rotatable bonds is 8. The van der Waals surface area contributed by atoms with E-state index >= 15 is 0 Å². The standard InChI is InChI=1S/C19H22N2O5/c1-13(2)19(14-8-10-15(25-3)11-9-14)20-18(22)12-26-17-7-5-4-6-16(17)21(23)24/h4-11,13,19H,12H2,1-3H3,(H,20,22)/t19-/m1/s1.